The first-order valence-corrected chi connectivity index (χ1v) is 11.6. The third-order valence-electron chi connectivity index (χ3n) is 6.34. The summed E-state index contributed by atoms with van der Waals surface area (Å²) in [6, 6.07) is 14.4. The molecule has 7 heteroatoms. The molecule has 2 aromatic carbocycles. The van der Waals surface area contributed by atoms with Gasteiger partial charge in [-0.25, -0.2) is 0 Å². The number of morpholine rings is 1. The molecule has 0 radical (unpaired) electrons. The number of hydrogen-bond donors (Lipinski definition) is 0. The van der Waals surface area contributed by atoms with Crippen LogP contribution in [0.1, 0.15) is 41.1 Å². The van der Waals surface area contributed by atoms with Crippen molar-refractivity contribution in [3.63, 3.8) is 0 Å². The van der Waals surface area contributed by atoms with Crippen molar-refractivity contribution < 1.29 is 18.7 Å². The molecular weight excluding hydrogens is 420 g/mol. The molecule has 0 N–H and O–H groups in total. The highest BCUT2D eigenvalue weighted by atomic mass is 16.5. The number of carbonyl (C=O) groups is 1. The zero-order valence-electron chi connectivity index (χ0n) is 18.8. The zero-order valence-corrected chi connectivity index (χ0v) is 18.8. The van der Waals surface area contributed by atoms with Crippen LogP contribution in [0.2, 0.25) is 0 Å². The second-order valence-corrected chi connectivity index (χ2v) is 8.38. The van der Waals surface area contributed by atoms with E-state index in [0.717, 1.165) is 44.8 Å². The second-order valence-electron chi connectivity index (χ2n) is 8.38. The Balaban J connectivity index is 1.51. The summed E-state index contributed by atoms with van der Waals surface area (Å²) >= 11 is 0. The summed E-state index contributed by atoms with van der Waals surface area (Å²) in [5.74, 6) is 0.517. The highest BCUT2D eigenvalue weighted by Gasteiger charge is 2.42. The molecule has 0 bridgehead atoms. The Morgan fingerprint density at radius 3 is 2.58 bits per heavy atom. The second kappa shape index (κ2) is 9.37. The third kappa shape index (κ3) is 4.14. The van der Waals surface area contributed by atoms with E-state index in [2.05, 4.69) is 4.90 Å². The van der Waals surface area contributed by atoms with E-state index in [-0.39, 0.29) is 17.1 Å². The van der Waals surface area contributed by atoms with E-state index in [9.17, 15) is 9.59 Å². The van der Waals surface area contributed by atoms with Gasteiger partial charge >= 0.3 is 0 Å². The predicted octanol–water partition coefficient (Wildman–Crippen LogP) is 3.46. The summed E-state index contributed by atoms with van der Waals surface area (Å²) in [5, 5.41) is 0.459. The molecule has 2 aliphatic heterocycles. The Morgan fingerprint density at radius 1 is 1.03 bits per heavy atom. The molecule has 0 spiro atoms. The Bertz CT molecular complexity index is 1200. The summed E-state index contributed by atoms with van der Waals surface area (Å²) in [6.45, 7) is 7.13. The molecule has 0 saturated carbocycles. The molecule has 1 atom stereocenters. The van der Waals surface area contributed by atoms with Crippen LogP contribution >= 0.6 is 0 Å². The molecule has 172 valence electrons. The van der Waals surface area contributed by atoms with E-state index >= 15 is 0 Å². The lowest BCUT2D eigenvalue weighted by atomic mass is 9.98. The number of nitrogens with zero attached hydrogens (tertiary/aromatic N) is 2. The van der Waals surface area contributed by atoms with Crippen molar-refractivity contribution in [3.05, 3.63) is 75.6 Å². The Morgan fingerprint density at radius 2 is 1.82 bits per heavy atom. The largest absolute Gasteiger partial charge is 0.494 e. The molecular formula is C26H28N2O5. The quantitative estimate of drug-likeness (QED) is 0.551. The van der Waals surface area contributed by atoms with Crippen molar-refractivity contribution in [2.75, 3.05) is 46.0 Å². The van der Waals surface area contributed by atoms with Crippen LogP contribution < -0.4 is 10.2 Å². The van der Waals surface area contributed by atoms with Gasteiger partial charge < -0.3 is 18.8 Å². The molecule has 1 aromatic heterocycles. The zero-order chi connectivity index (χ0) is 22.8. The number of ether oxygens (including phenoxy) is 2. The molecule has 1 fully saturated rings. The molecule has 7 nitrogen and oxygen atoms in total. The first kappa shape index (κ1) is 21.7. The predicted molar refractivity (Wildman–Crippen MR) is 125 cm³/mol. The van der Waals surface area contributed by atoms with E-state index in [0.29, 0.717) is 35.4 Å². The lowest BCUT2D eigenvalue weighted by molar-refractivity contribution is 0.0353. The maximum atomic E-state index is 13.6. The minimum absolute atomic E-state index is 0.140. The van der Waals surface area contributed by atoms with Crippen LogP contribution in [0.15, 0.2) is 57.7 Å². The Hall–Kier alpha value is -3.16. The van der Waals surface area contributed by atoms with Crippen LogP contribution in [0.3, 0.4) is 0 Å². The lowest BCUT2D eigenvalue weighted by Crippen LogP contribution is -2.38. The standard InChI is InChI=1S/C26H28N2O5/c1-2-32-19-9-10-20-21(17-19)33-25-22(24(20)29)23(18-7-4-3-5-8-18)28(26(25)30)12-6-11-27-13-15-31-16-14-27/h3-5,7-10,17,23H,2,6,11-16H2,1H3. The molecule has 0 aliphatic carbocycles. The summed E-state index contributed by atoms with van der Waals surface area (Å²) in [5.41, 5.74) is 1.55. The first-order chi connectivity index (χ1) is 16.2. The number of hydrogen-bond acceptors (Lipinski definition) is 6. The van der Waals surface area contributed by atoms with Crippen molar-refractivity contribution >= 4 is 16.9 Å². The van der Waals surface area contributed by atoms with Crippen LogP contribution in [0.5, 0.6) is 5.75 Å². The van der Waals surface area contributed by atoms with Gasteiger partial charge in [0.1, 0.15) is 11.3 Å². The van der Waals surface area contributed by atoms with E-state index in [1.807, 2.05) is 37.3 Å². The minimum Gasteiger partial charge on any atom is -0.494 e. The summed E-state index contributed by atoms with van der Waals surface area (Å²) < 4.78 is 17.0. The molecule has 1 saturated heterocycles. The maximum Gasteiger partial charge on any atom is 0.290 e. The normalized spacial score (nSPS) is 18.6. The smallest absolute Gasteiger partial charge is 0.290 e. The molecule has 1 amide bonds. The first-order valence-electron chi connectivity index (χ1n) is 11.6. The number of amides is 1. The van der Waals surface area contributed by atoms with E-state index < -0.39 is 6.04 Å². The van der Waals surface area contributed by atoms with Gasteiger partial charge in [-0.1, -0.05) is 30.3 Å². The lowest BCUT2D eigenvalue weighted by Gasteiger charge is -2.29. The summed E-state index contributed by atoms with van der Waals surface area (Å²) in [7, 11) is 0. The van der Waals surface area contributed by atoms with Gasteiger partial charge in [-0.2, -0.15) is 0 Å². The van der Waals surface area contributed by atoms with Gasteiger partial charge in [-0.05, 0) is 31.0 Å². The van der Waals surface area contributed by atoms with Gasteiger partial charge in [0.2, 0.25) is 5.76 Å². The molecule has 33 heavy (non-hydrogen) atoms. The average molecular weight is 449 g/mol. The van der Waals surface area contributed by atoms with E-state index in [1.165, 1.54) is 0 Å². The highest BCUT2D eigenvalue weighted by Crippen LogP contribution is 2.38. The Kier molecular flexibility index (Phi) is 6.15. The molecule has 2 aliphatic rings. The number of rotatable bonds is 7. The van der Waals surface area contributed by atoms with Crippen molar-refractivity contribution in [2.24, 2.45) is 0 Å². The van der Waals surface area contributed by atoms with Crippen molar-refractivity contribution in [1.29, 1.82) is 0 Å². The fourth-order valence-electron chi connectivity index (χ4n) is 4.76. The number of benzene rings is 2. The fourth-order valence-corrected chi connectivity index (χ4v) is 4.76. The van der Waals surface area contributed by atoms with Gasteiger partial charge in [-0.3, -0.25) is 14.5 Å². The van der Waals surface area contributed by atoms with Crippen LogP contribution in [0.25, 0.3) is 11.0 Å². The highest BCUT2D eigenvalue weighted by molar-refractivity contribution is 5.99. The van der Waals surface area contributed by atoms with Crippen molar-refractivity contribution in [1.82, 2.24) is 9.80 Å². The van der Waals surface area contributed by atoms with Crippen LogP contribution in [0, 0.1) is 0 Å². The average Bonchev–Trinajstić information content (AvgIpc) is 3.12. The van der Waals surface area contributed by atoms with Crippen LogP contribution in [0.4, 0.5) is 0 Å². The van der Waals surface area contributed by atoms with E-state index in [4.69, 9.17) is 13.9 Å². The van der Waals surface area contributed by atoms with Crippen LogP contribution in [-0.4, -0.2) is 61.7 Å². The Labute approximate surface area is 192 Å². The van der Waals surface area contributed by atoms with Gasteiger partial charge in [-0.15, -0.1) is 0 Å². The van der Waals surface area contributed by atoms with E-state index in [1.54, 1.807) is 23.1 Å². The SMILES string of the molecule is CCOc1ccc2c(=O)c3c(oc2c1)C(=O)N(CCCN1CCOCC1)C3c1ccccc1. The van der Waals surface area contributed by atoms with Gasteiger partial charge in [0.25, 0.3) is 5.91 Å². The summed E-state index contributed by atoms with van der Waals surface area (Å²) in [6.07, 6.45) is 0.811. The number of fused-ring (bicyclic) bond motifs is 2. The van der Waals surface area contributed by atoms with Gasteiger partial charge in [0.15, 0.2) is 5.43 Å². The van der Waals surface area contributed by atoms with Gasteiger partial charge in [0.05, 0.1) is 36.8 Å². The van der Waals surface area contributed by atoms with Crippen LogP contribution in [-0.2, 0) is 4.74 Å². The van der Waals surface area contributed by atoms with Crippen molar-refractivity contribution in [3.8, 4) is 5.75 Å². The monoisotopic (exact) mass is 448 g/mol. The maximum absolute atomic E-state index is 13.6. The van der Waals surface area contributed by atoms with Gasteiger partial charge in [0, 0.05) is 32.2 Å². The minimum atomic E-state index is -0.453. The summed E-state index contributed by atoms with van der Waals surface area (Å²) in [4.78, 5) is 31.2. The molecule has 1 unspecified atom stereocenters. The topological polar surface area (TPSA) is 72.2 Å². The molecule has 3 aromatic rings. The molecule has 5 rings (SSSR count). The number of carbonyl (C=O) groups excluding carboxylic acids is 1. The third-order valence-corrected chi connectivity index (χ3v) is 6.34. The molecule has 3 heterocycles. The van der Waals surface area contributed by atoms with Crippen molar-refractivity contribution in [2.45, 2.75) is 19.4 Å². The fraction of sp³-hybridized carbons (Fsp3) is 0.385.